The summed E-state index contributed by atoms with van der Waals surface area (Å²) in [6.45, 7) is 0. The number of hydrogen-bond acceptors (Lipinski definition) is 2. The zero-order chi connectivity index (χ0) is 6.97. The second-order valence-corrected chi connectivity index (χ2v) is 4.51. The van der Waals surface area contributed by atoms with Gasteiger partial charge in [0.1, 0.15) is 0 Å². The maximum absolute atomic E-state index is 3.36. The maximum atomic E-state index is 3.36. The summed E-state index contributed by atoms with van der Waals surface area (Å²) >= 11 is 2.96. The molecule has 1 nitrogen and oxygen atoms in total. The van der Waals surface area contributed by atoms with Crippen molar-refractivity contribution in [1.82, 2.24) is 4.72 Å². The van der Waals surface area contributed by atoms with E-state index < -0.39 is 0 Å². The molecule has 1 aliphatic heterocycles. The van der Waals surface area contributed by atoms with Crippen molar-refractivity contribution in [3.63, 3.8) is 0 Å². The van der Waals surface area contributed by atoms with Gasteiger partial charge in [-0.1, -0.05) is 0 Å². The molecule has 0 bridgehead atoms. The van der Waals surface area contributed by atoms with Gasteiger partial charge in [-0.3, -0.25) is 0 Å². The molecule has 0 fully saturated rings. The van der Waals surface area contributed by atoms with Crippen molar-refractivity contribution in [2.24, 2.45) is 0 Å². The van der Waals surface area contributed by atoms with Crippen molar-refractivity contribution < 1.29 is 0 Å². The van der Waals surface area contributed by atoms with Crippen LogP contribution in [-0.4, -0.2) is 27.9 Å². The fourth-order valence-electron chi connectivity index (χ4n) is 1.15. The third-order valence-corrected chi connectivity index (χ3v) is 4.12. The number of hydrogen-bond donors (Lipinski definition) is 1. The molecule has 46 valence electrons. The van der Waals surface area contributed by atoms with Gasteiger partial charge in [0.2, 0.25) is 0 Å². The van der Waals surface area contributed by atoms with Crippen LogP contribution >= 0.6 is 11.9 Å². The summed E-state index contributed by atoms with van der Waals surface area (Å²) in [4.78, 5) is 1.41. The predicted octanol–water partition coefficient (Wildman–Crippen LogP) is 1.46. The van der Waals surface area contributed by atoms with Crippen LogP contribution in [0.5, 0.6) is 0 Å². The summed E-state index contributed by atoms with van der Waals surface area (Å²) in [6.07, 6.45) is 0. The summed E-state index contributed by atoms with van der Waals surface area (Å²) in [7, 11) is 0. The van der Waals surface area contributed by atoms with Crippen LogP contribution < -0.4 is 4.72 Å². The first-order valence-electron chi connectivity index (χ1n) is 3.39. The molecule has 1 unspecified atom stereocenters. The van der Waals surface area contributed by atoms with Crippen molar-refractivity contribution in [2.45, 2.75) is 8.19 Å². The zero-order valence-corrected chi connectivity index (χ0v) is 8.61. The van der Waals surface area contributed by atoms with E-state index in [1.165, 1.54) is 38.4 Å². The molecule has 1 N–H and O–H groups in total. The molecule has 0 aliphatic carbocycles. The molecule has 0 saturated heterocycles. The van der Waals surface area contributed by atoms with E-state index in [0.29, 0.717) is 3.29 Å². The molecular formula is C7H6NNaS. The molecule has 1 atom stereocenters. The standard InChI is InChI=1S/C7H6NS.Na/c1-2-4-7-6(3-1)5-8-9-7;/h1-5,8H;. The summed E-state index contributed by atoms with van der Waals surface area (Å²) < 4.78 is 4.02. The molecule has 0 radical (unpaired) electrons. The van der Waals surface area contributed by atoms with E-state index in [1.54, 1.807) is 11.9 Å². The SMILES string of the molecule is [Na][CH]1NSc2ccccc21. The Morgan fingerprint density at radius 3 is 3.00 bits per heavy atom. The molecule has 0 aromatic heterocycles. The van der Waals surface area contributed by atoms with Gasteiger partial charge in [0.25, 0.3) is 0 Å². The van der Waals surface area contributed by atoms with Crippen LogP contribution in [0.25, 0.3) is 0 Å². The van der Waals surface area contributed by atoms with Gasteiger partial charge in [0, 0.05) is 0 Å². The normalized spacial score (nSPS) is 22.8. The minimum absolute atomic E-state index is 0.654. The first-order chi connectivity index (χ1) is 4.88. The van der Waals surface area contributed by atoms with Crippen molar-refractivity contribution in [2.75, 3.05) is 0 Å². The van der Waals surface area contributed by atoms with Gasteiger partial charge >= 0.3 is 82.6 Å². The minimum atomic E-state index is 0.654. The second-order valence-electron chi connectivity index (χ2n) is 2.48. The van der Waals surface area contributed by atoms with Gasteiger partial charge < -0.3 is 0 Å². The van der Waals surface area contributed by atoms with Gasteiger partial charge in [0.05, 0.1) is 0 Å². The van der Waals surface area contributed by atoms with Crippen LogP contribution in [-0.2, 0) is 0 Å². The second kappa shape index (κ2) is 2.88. The monoisotopic (exact) mass is 159 g/mol. The van der Waals surface area contributed by atoms with Crippen LogP contribution in [0.2, 0.25) is 0 Å². The van der Waals surface area contributed by atoms with Crippen LogP contribution in [0.15, 0.2) is 29.2 Å². The number of nitrogens with one attached hydrogen (secondary N) is 1. The molecule has 10 heavy (non-hydrogen) atoms. The molecule has 1 aliphatic rings. The van der Waals surface area contributed by atoms with E-state index in [-0.39, 0.29) is 0 Å². The van der Waals surface area contributed by atoms with Gasteiger partial charge in [-0.05, 0) is 0 Å². The summed E-state index contributed by atoms with van der Waals surface area (Å²) in [5.41, 5.74) is 1.49. The van der Waals surface area contributed by atoms with E-state index in [2.05, 4.69) is 29.0 Å². The van der Waals surface area contributed by atoms with Crippen LogP contribution in [0.3, 0.4) is 0 Å². The quantitative estimate of drug-likeness (QED) is 0.454. The molecular weight excluding hydrogens is 153 g/mol. The molecule has 1 aromatic rings. The molecule has 3 heteroatoms. The first-order valence-corrected chi connectivity index (χ1v) is 5.36. The number of rotatable bonds is 0. The summed E-state index contributed by atoms with van der Waals surface area (Å²) in [6, 6.07) is 8.58. The Bertz CT molecular complexity index is 251. The Hall–Kier alpha value is 0.530. The fraction of sp³-hybridized carbons (Fsp3) is 0.143. The predicted molar refractivity (Wildman–Crippen MR) is 43.9 cm³/mol. The Kier molecular flexibility index (Phi) is 2.07. The average Bonchev–Trinajstić information content (AvgIpc) is 2.34. The van der Waals surface area contributed by atoms with E-state index >= 15 is 0 Å². The van der Waals surface area contributed by atoms with Gasteiger partial charge in [-0.15, -0.1) is 0 Å². The van der Waals surface area contributed by atoms with Crippen LogP contribution in [0, 0.1) is 0 Å². The molecule has 2 rings (SSSR count). The summed E-state index contributed by atoms with van der Waals surface area (Å²) in [5, 5.41) is 0. The van der Waals surface area contributed by atoms with Crippen molar-refractivity contribution in [3.05, 3.63) is 29.8 Å². The number of benzene rings is 1. The van der Waals surface area contributed by atoms with E-state index in [1.807, 2.05) is 0 Å². The Morgan fingerprint density at radius 2 is 2.20 bits per heavy atom. The van der Waals surface area contributed by atoms with E-state index in [0.717, 1.165) is 0 Å². The summed E-state index contributed by atoms with van der Waals surface area (Å²) in [5.74, 6) is 0. The molecule has 1 heterocycles. The topological polar surface area (TPSA) is 12.0 Å². The Morgan fingerprint density at radius 1 is 1.40 bits per heavy atom. The van der Waals surface area contributed by atoms with Crippen molar-refractivity contribution >= 4 is 39.9 Å². The van der Waals surface area contributed by atoms with E-state index in [9.17, 15) is 0 Å². The number of fused-ring (bicyclic) bond motifs is 1. The van der Waals surface area contributed by atoms with Crippen molar-refractivity contribution in [3.8, 4) is 0 Å². The Labute approximate surface area is 82.1 Å². The zero-order valence-electron chi connectivity index (χ0n) is 5.79. The third-order valence-electron chi connectivity index (χ3n) is 1.73. The fourth-order valence-corrected chi connectivity index (χ4v) is 3.15. The Balaban J connectivity index is 2.51. The van der Waals surface area contributed by atoms with Crippen molar-refractivity contribution in [1.29, 1.82) is 0 Å². The first kappa shape index (κ1) is 7.19. The third kappa shape index (κ3) is 1.15. The van der Waals surface area contributed by atoms with Gasteiger partial charge in [0.15, 0.2) is 0 Å². The molecule has 0 spiro atoms. The van der Waals surface area contributed by atoms with Crippen LogP contribution in [0.1, 0.15) is 8.85 Å². The average molecular weight is 159 g/mol. The van der Waals surface area contributed by atoms with Gasteiger partial charge in [-0.25, -0.2) is 0 Å². The van der Waals surface area contributed by atoms with Crippen LogP contribution in [0.4, 0.5) is 0 Å². The van der Waals surface area contributed by atoms with Gasteiger partial charge in [-0.2, -0.15) is 0 Å². The molecule has 0 saturated carbocycles. The molecule has 1 aromatic carbocycles. The van der Waals surface area contributed by atoms with E-state index in [4.69, 9.17) is 0 Å². The molecule has 0 amide bonds.